The SMILES string of the molecule is C[SiH](C)C1=CC[C@H]2[C@H](O[Si](C)(C)C(C)(C)C)CCC[C@]12C. The maximum absolute atomic E-state index is 6.87. The molecule has 0 amide bonds. The zero-order chi connectivity index (χ0) is 16.1. The van der Waals surface area contributed by atoms with Crippen molar-refractivity contribution in [1.29, 1.82) is 0 Å². The van der Waals surface area contributed by atoms with Gasteiger partial charge in [0.05, 0.1) is 8.80 Å². The van der Waals surface area contributed by atoms with Crippen LogP contribution >= 0.6 is 0 Å². The van der Waals surface area contributed by atoms with Gasteiger partial charge in [-0.1, -0.05) is 58.5 Å². The van der Waals surface area contributed by atoms with Crippen molar-refractivity contribution in [3.8, 4) is 0 Å². The van der Waals surface area contributed by atoms with E-state index in [1.54, 1.807) is 0 Å². The molecule has 0 radical (unpaired) electrons. The Balaban J connectivity index is 2.18. The van der Waals surface area contributed by atoms with Crippen LogP contribution in [0.1, 0.15) is 53.4 Å². The van der Waals surface area contributed by atoms with Gasteiger partial charge >= 0.3 is 0 Å². The zero-order valence-electron chi connectivity index (χ0n) is 15.5. The molecule has 0 bridgehead atoms. The molecule has 2 rings (SSSR count). The third kappa shape index (κ3) is 3.11. The first kappa shape index (κ1) is 17.5. The van der Waals surface area contributed by atoms with Gasteiger partial charge in [-0.05, 0) is 48.7 Å². The van der Waals surface area contributed by atoms with Crippen LogP contribution in [0.5, 0.6) is 0 Å². The molecule has 0 unspecified atom stereocenters. The first-order valence-electron chi connectivity index (χ1n) is 8.87. The van der Waals surface area contributed by atoms with Crippen molar-refractivity contribution in [1.82, 2.24) is 0 Å². The fraction of sp³-hybridized carbons (Fsp3) is 0.889. The van der Waals surface area contributed by atoms with Crippen molar-refractivity contribution in [3.63, 3.8) is 0 Å². The molecule has 0 N–H and O–H groups in total. The van der Waals surface area contributed by atoms with Gasteiger partial charge in [0.25, 0.3) is 0 Å². The molecule has 3 heteroatoms. The van der Waals surface area contributed by atoms with Gasteiger partial charge in [-0.15, -0.1) is 0 Å². The Bertz CT molecular complexity index is 419. The van der Waals surface area contributed by atoms with E-state index in [0.29, 0.717) is 16.6 Å². The van der Waals surface area contributed by atoms with Gasteiger partial charge in [0.2, 0.25) is 0 Å². The molecule has 21 heavy (non-hydrogen) atoms. The molecule has 0 heterocycles. The van der Waals surface area contributed by atoms with Crippen LogP contribution in [0.2, 0.25) is 31.2 Å². The van der Waals surface area contributed by atoms with Gasteiger partial charge in [-0.2, -0.15) is 0 Å². The van der Waals surface area contributed by atoms with Crippen molar-refractivity contribution in [2.24, 2.45) is 11.3 Å². The average molecular weight is 325 g/mol. The van der Waals surface area contributed by atoms with Crippen molar-refractivity contribution in [3.05, 3.63) is 11.3 Å². The van der Waals surface area contributed by atoms with Crippen molar-refractivity contribution >= 4 is 17.1 Å². The summed E-state index contributed by atoms with van der Waals surface area (Å²) in [4.78, 5) is 0. The molecule has 0 aromatic carbocycles. The van der Waals surface area contributed by atoms with Crippen molar-refractivity contribution < 1.29 is 4.43 Å². The van der Waals surface area contributed by atoms with Gasteiger partial charge in [0, 0.05) is 6.10 Å². The Kier molecular flexibility index (Phi) is 4.70. The minimum absolute atomic E-state index is 0.322. The molecule has 1 nitrogen and oxygen atoms in total. The lowest BCUT2D eigenvalue weighted by molar-refractivity contribution is 0.0220. The maximum atomic E-state index is 6.87. The van der Waals surface area contributed by atoms with E-state index in [1.807, 2.05) is 5.20 Å². The molecule has 2 aliphatic carbocycles. The summed E-state index contributed by atoms with van der Waals surface area (Å²) in [5, 5.41) is 2.17. The molecule has 0 saturated heterocycles. The second-order valence-corrected chi connectivity index (χ2v) is 17.1. The summed E-state index contributed by atoms with van der Waals surface area (Å²) in [5.41, 5.74) is 0.464. The van der Waals surface area contributed by atoms with Crippen LogP contribution in [-0.2, 0) is 4.43 Å². The first-order valence-corrected chi connectivity index (χ1v) is 14.7. The second kappa shape index (κ2) is 5.65. The molecule has 0 spiro atoms. The van der Waals surface area contributed by atoms with E-state index in [0.717, 1.165) is 5.92 Å². The molecule has 3 atom stereocenters. The Morgan fingerprint density at radius 3 is 2.43 bits per heavy atom. The van der Waals surface area contributed by atoms with E-state index >= 15 is 0 Å². The van der Waals surface area contributed by atoms with E-state index in [2.05, 4.69) is 60.0 Å². The Morgan fingerprint density at radius 2 is 1.90 bits per heavy atom. The van der Waals surface area contributed by atoms with Gasteiger partial charge in [-0.3, -0.25) is 0 Å². The van der Waals surface area contributed by atoms with Crippen LogP contribution in [0.3, 0.4) is 0 Å². The Hall–Kier alpha value is 0.134. The summed E-state index contributed by atoms with van der Waals surface area (Å²) in [5.74, 6) is 0.755. The Morgan fingerprint density at radius 1 is 1.29 bits per heavy atom. The summed E-state index contributed by atoms with van der Waals surface area (Å²) in [7, 11) is -2.33. The summed E-state index contributed by atoms with van der Waals surface area (Å²) in [6, 6.07) is 0. The number of fused-ring (bicyclic) bond motifs is 1. The highest BCUT2D eigenvalue weighted by Crippen LogP contribution is 2.55. The van der Waals surface area contributed by atoms with E-state index in [4.69, 9.17) is 4.43 Å². The summed E-state index contributed by atoms with van der Waals surface area (Å²) in [6.07, 6.45) is 8.42. The highest BCUT2D eigenvalue weighted by Gasteiger charge is 2.50. The number of rotatable bonds is 3. The Labute approximate surface area is 135 Å². The first-order chi connectivity index (χ1) is 9.49. The van der Waals surface area contributed by atoms with Crippen LogP contribution in [0.4, 0.5) is 0 Å². The van der Waals surface area contributed by atoms with Crippen LogP contribution < -0.4 is 0 Å². The molecule has 2 aliphatic rings. The lowest BCUT2D eigenvalue weighted by Crippen LogP contribution is -2.50. The maximum Gasteiger partial charge on any atom is 0.192 e. The van der Waals surface area contributed by atoms with Crippen LogP contribution in [0, 0.1) is 11.3 Å². The zero-order valence-corrected chi connectivity index (χ0v) is 17.7. The van der Waals surface area contributed by atoms with Gasteiger partial charge in [0.1, 0.15) is 0 Å². The third-order valence-electron chi connectivity index (χ3n) is 6.58. The van der Waals surface area contributed by atoms with E-state index in [1.165, 1.54) is 25.7 Å². The summed E-state index contributed by atoms with van der Waals surface area (Å²) >= 11 is 0. The number of hydrogen-bond acceptors (Lipinski definition) is 1. The fourth-order valence-corrected chi connectivity index (χ4v) is 7.99. The molecule has 1 fully saturated rings. The standard InChI is InChI=1S/C18H36OSi2/c1-17(2,3)21(7,8)19-15-10-9-13-18(4)14(15)11-12-16(18)20(5)6/h12,14-15,20H,9-11,13H2,1-8H3/t14-,15+,18-/m0/s1. The monoisotopic (exact) mass is 324 g/mol. The summed E-state index contributed by atoms with van der Waals surface area (Å²) in [6.45, 7) is 19.5. The van der Waals surface area contributed by atoms with Crippen molar-refractivity contribution in [2.75, 3.05) is 0 Å². The highest BCUT2D eigenvalue weighted by molar-refractivity contribution is 6.74. The predicted octanol–water partition coefficient (Wildman–Crippen LogP) is 5.54. The molecule has 1 saturated carbocycles. The lowest BCUT2D eigenvalue weighted by Gasteiger charge is -2.49. The number of allylic oxidation sites excluding steroid dienone is 2. The average Bonchev–Trinajstić information content (AvgIpc) is 2.65. The molecule has 122 valence electrons. The molecule has 0 aromatic heterocycles. The van der Waals surface area contributed by atoms with E-state index < -0.39 is 17.1 Å². The van der Waals surface area contributed by atoms with Crippen LogP contribution in [0.25, 0.3) is 0 Å². The molecule has 0 aromatic rings. The van der Waals surface area contributed by atoms with Crippen LogP contribution in [0.15, 0.2) is 11.3 Å². The topological polar surface area (TPSA) is 9.23 Å². The third-order valence-corrected chi connectivity index (χ3v) is 13.2. The fourth-order valence-electron chi connectivity index (χ4n) is 4.32. The van der Waals surface area contributed by atoms with Gasteiger partial charge in [0.15, 0.2) is 8.32 Å². The minimum atomic E-state index is -1.65. The van der Waals surface area contributed by atoms with Crippen LogP contribution in [-0.4, -0.2) is 23.2 Å². The lowest BCUT2D eigenvalue weighted by atomic mass is 9.68. The highest BCUT2D eigenvalue weighted by atomic mass is 28.4. The normalized spacial score (nSPS) is 34.0. The molecular weight excluding hydrogens is 288 g/mol. The molecular formula is C18H36OSi2. The van der Waals surface area contributed by atoms with Gasteiger partial charge < -0.3 is 4.43 Å². The summed E-state index contributed by atoms with van der Waals surface area (Å²) < 4.78 is 6.87. The number of hydrogen-bond donors (Lipinski definition) is 0. The molecule has 0 aliphatic heterocycles. The quantitative estimate of drug-likeness (QED) is 0.619. The second-order valence-electron chi connectivity index (χ2n) is 9.38. The van der Waals surface area contributed by atoms with E-state index in [-0.39, 0.29) is 0 Å². The smallest absolute Gasteiger partial charge is 0.192 e. The predicted molar refractivity (Wildman–Crippen MR) is 99.1 cm³/mol. The largest absolute Gasteiger partial charge is 0.414 e. The van der Waals surface area contributed by atoms with Crippen molar-refractivity contribution in [2.45, 2.75) is 90.7 Å². The van der Waals surface area contributed by atoms with Gasteiger partial charge in [-0.25, -0.2) is 0 Å². The van der Waals surface area contributed by atoms with E-state index in [9.17, 15) is 0 Å². The minimum Gasteiger partial charge on any atom is -0.414 e.